The highest BCUT2D eigenvalue weighted by Gasteiger charge is 2.20. The lowest BCUT2D eigenvalue weighted by atomic mass is 9.93. The number of hydrogen-bond donors (Lipinski definition) is 1. The maximum atomic E-state index is 6.23. The summed E-state index contributed by atoms with van der Waals surface area (Å²) in [7, 11) is 1.95. The molecule has 0 radical (unpaired) electrons. The van der Waals surface area contributed by atoms with Gasteiger partial charge in [-0.3, -0.25) is 4.68 Å². The van der Waals surface area contributed by atoms with E-state index in [1.54, 1.807) is 0 Å². The Morgan fingerprint density at radius 1 is 1.47 bits per heavy atom. The molecule has 0 saturated carbocycles. The van der Waals surface area contributed by atoms with Crippen LogP contribution in [0.15, 0.2) is 18.3 Å². The lowest BCUT2D eigenvalue weighted by molar-refractivity contribution is 0.448. The smallest absolute Gasteiger partial charge is 0.0696 e. The molecule has 1 aliphatic rings. The van der Waals surface area contributed by atoms with Crippen LogP contribution < -0.4 is 5.32 Å². The van der Waals surface area contributed by atoms with Crippen molar-refractivity contribution in [3.63, 3.8) is 0 Å². The number of aromatic nitrogens is 2. The zero-order valence-electron chi connectivity index (χ0n) is 8.50. The van der Waals surface area contributed by atoms with Gasteiger partial charge in [0, 0.05) is 31.4 Å². The maximum absolute atomic E-state index is 6.23. The molecule has 2 aromatic rings. The minimum atomic E-state index is 0.613. The number of rotatable bonds is 1. The fraction of sp³-hybridized carbons (Fsp3) is 0.364. The van der Waals surface area contributed by atoms with E-state index < -0.39 is 0 Å². The Kier molecular flexibility index (Phi) is 1.97. The first kappa shape index (κ1) is 9.19. The molecule has 1 aliphatic heterocycles. The molecular formula is C11H12ClN3. The van der Waals surface area contributed by atoms with Crippen molar-refractivity contribution < 1.29 is 0 Å². The van der Waals surface area contributed by atoms with E-state index in [-0.39, 0.29) is 0 Å². The van der Waals surface area contributed by atoms with Crippen molar-refractivity contribution in [2.75, 3.05) is 13.1 Å². The van der Waals surface area contributed by atoms with E-state index in [4.69, 9.17) is 11.6 Å². The molecule has 1 fully saturated rings. The number of nitrogens with zero attached hydrogens (tertiary/aromatic N) is 2. The largest absolute Gasteiger partial charge is 0.315 e. The highest BCUT2D eigenvalue weighted by atomic mass is 35.5. The molecule has 3 nitrogen and oxygen atoms in total. The van der Waals surface area contributed by atoms with E-state index in [9.17, 15) is 0 Å². The zero-order valence-corrected chi connectivity index (χ0v) is 9.25. The van der Waals surface area contributed by atoms with Crippen molar-refractivity contribution in [1.29, 1.82) is 0 Å². The summed E-state index contributed by atoms with van der Waals surface area (Å²) in [5.74, 6) is 0.613. The van der Waals surface area contributed by atoms with Crippen molar-refractivity contribution in [3.05, 3.63) is 28.9 Å². The standard InChI is InChI=1S/C11H12ClN3/c1-15-11-3-7(8-4-13-5-8)2-10(12)9(11)6-14-15/h2-3,6,8,13H,4-5H2,1H3. The van der Waals surface area contributed by atoms with Crippen LogP contribution in [-0.4, -0.2) is 22.9 Å². The molecule has 4 heteroatoms. The topological polar surface area (TPSA) is 29.9 Å². The Morgan fingerprint density at radius 2 is 2.27 bits per heavy atom. The Morgan fingerprint density at radius 3 is 2.93 bits per heavy atom. The lowest BCUT2D eigenvalue weighted by Gasteiger charge is -2.27. The van der Waals surface area contributed by atoms with Gasteiger partial charge in [-0.2, -0.15) is 5.10 Å². The third-order valence-corrected chi connectivity index (χ3v) is 3.40. The summed E-state index contributed by atoms with van der Waals surface area (Å²) in [5, 5.41) is 9.33. The van der Waals surface area contributed by atoms with Crippen LogP contribution in [0.5, 0.6) is 0 Å². The molecule has 15 heavy (non-hydrogen) atoms. The highest BCUT2D eigenvalue weighted by molar-refractivity contribution is 6.35. The van der Waals surface area contributed by atoms with Gasteiger partial charge >= 0.3 is 0 Å². The number of nitrogens with one attached hydrogen (secondary N) is 1. The zero-order chi connectivity index (χ0) is 10.4. The Labute approximate surface area is 93.0 Å². The summed E-state index contributed by atoms with van der Waals surface area (Å²) >= 11 is 6.23. The quantitative estimate of drug-likeness (QED) is 0.798. The van der Waals surface area contributed by atoms with Gasteiger partial charge in [-0.1, -0.05) is 11.6 Å². The lowest BCUT2D eigenvalue weighted by Crippen LogP contribution is -2.39. The van der Waals surface area contributed by atoms with E-state index in [2.05, 4.69) is 22.5 Å². The molecule has 0 spiro atoms. The van der Waals surface area contributed by atoms with Gasteiger partial charge in [-0.25, -0.2) is 0 Å². The van der Waals surface area contributed by atoms with Crippen LogP contribution in [0, 0.1) is 0 Å². The minimum Gasteiger partial charge on any atom is -0.315 e. The molecule has 0 atom stereocenters. The van der Waals surface area contributed by atoms with Gasteiger partial charge in [0.25, 0.3) is 0 Å². The maximum Gasteiger partial charge on any atom is 0.0696 e. The van der Waals surface area contributed by atoms with Crippen LogP contribution in [0.3, 0.4) is 0 Å². The van der Waals surface area contributed by atoms with Crippen molar-refractivity contribution in [3.8, 4) is 0 Å². The molecule has 0 aliphatic carbocycles. The Bertz CT molecular complexity index is 514. The fourth-order valence-electron chi connectivity index (χ4n) is 1.99. The molecule has 3 rings (SSSR count). The molecule has 1 aromatic carbocycles. The normalized spacial score (nSPS) is 16.9. The molecule has 0 unspecified atom stereocenters. The molecule has 1 N–H and O–H groups in total. The van der Waals surface area contributed by atoms with Crippen molar-refractivity contribution in [2.24, 2.45) is 7.05 Å². The van der Waals surface area contributed by atoms with Crippen LogP contribution in [0.4, 0.5) is 0 Å². The minimum absolute atomic E-state index is 0.613. The first-order valence-corrected chi connectivity index (χ1v) is 5.45. The first-order valence-electron chi connectivity index (χ1n) is 5.07. The second-order valence-electron chi connectivity index (χ2n) is 4.06. The van der Waals surface area contributed by atoms with Crippen LogP contribution in [0.2, 0.25) is 5.02 Å². The molecule has 0 amide bonds. The number of benzene rings is 1. The third-order valence-electron chi connectivity index (χ3n) is 3.09. The van der Waals surface area contributed by atoms with Crippen LogP contribution >= 0.6 is 11.6 Å². The number of aryl methyl sites for hydroxylation is 1. The van der Waals surface area contributed by atoms with E-state index >= 15 is 0 Å². The fourth-order valence-corrected chi connectivity index (χ4v) is 2.26. The summed E-state index contributed by atoms with van der Waals surface area (Å²) in [5.41, 5.74) is 2.43. The van der Waals surface area contributed by atoms with Gasteiger partial charge in [-0.05, 0) is 17.7 Å². The van der Waals surface area contributed by atoms with Crippen LogP contribution in [0.25, 0.3) is 10.9 Å². The molecular weight excluding hydrogens is 210 g/mol. The van der Waals surface area contributed by atoms with Crippen molar-refractivity contribution >= 4 is 22.5 Å². The average molecular weight is 222 g/mol. The number of fused-ring (bicyclic) bond motifs is 1. The van der Waals surface area contributed by atoms with Gasteiger partial charge in [0.2, 0.25) is 0 Å². The van der Waals surface area contributed by atoms with E-state index in [0.29, 0.717) is 5.92 Å². The second-order valence-corrected chi connectivity index (χ2v) is 4.47. The molecule has 0 bridgehead atoms. The predicted molar refractivity (Wildman–Crippen MR) is 61.3 cm³/mol. The Hall–Kier alpha value is -1.06. The van der Waals surface area contributed by atoms with E-state index in [1.807, 2.05) is 17.9 Å². The average Bonchev–Trinajstić information content (AvgIpc) is 2.46. The van der Waals surface area contributed by atoms with Gasteiger partial charge in [0.1, 0.15) is 0 Å². The van der Waals surface area contributed by atoms with E-state index in [0.717, 1.165) is 29.0 Å². The predicted octanol–water partition coefficient (Wildman–Crippen LogP) is 1.91. The molecule has 2 heterocycles. The van der Waals surface area contributed by atoms with E-state index in [1.165, 1.54) is 5.56 Å². The highest BCUT2D eigenvalue weighted by Crippen LogP contribution is 2.29. The van der Waals surface area contributed by atoms with Gasteiger partial charge in [0.05, 0.1) is 16.7 Å². The summed E-state index contributed by atoms with van der Waals surface area (Å²) in [6, 6.07) is 4.26. The SMILES string of the molecule is Cn1ncc2c(Cl)cc(C3CNC3)cc21. The van der Waals surface area contributed by atoms with Crippen molar-refractivity contribution in [2.45, 2.75) is 5.92 Å². The van der Waals surface area contributed by atoms with Gasteiger partial charge < -0.3 is 5.32 Å². The molecule has 1 aromatic heterocycles. The van der Waals surface area contributed by atoms with Gasteiger partial charge in [-0.15, -0.1) is 0 Å². The van der Waals surface area contributed by atoms with Crippen LogP contribution in [0.1, 0.15) is 11.5 Å². The van der Waals surface area contributed by atoms with Crippen LogP contribution in [-0.2, 0) is 7.05 Å². The number of hydrogen-bond acceptors (Lipinski definition) is 2. The molecule has 78 valence electrons. The van der Waals surface area contributed by atoms with Crippen molar-refractivity contribution in [1.82, 2.24) is 15.1 Å². The van der Waals surface area contributed by atoms with Gasteiger partial charge in [0.15, 0.2) is 0 Å². The monoisotopic (exact) mass is 221 g/mol. The number of halogens is 1. The first-order chi connectivity index (χ1) is 7.25. The summed E-state index contributed by atoms with van der Waals surface area (Å²) < 4.78 is 1.87. The summed E-state index contributed by atoms with van der Waals surface area (Å²) in [6.07, 6.45) is 1.82. The Balaban J connectivity index is 2.20. The molecule has 1 saturated heterocycles. The summed E-state index contributed by atoms with van der Waals surface area (Å²) in [6.45, 7) is 2.11. The summed E-state index contributed by atoms with van der Waals surface area (Å²) in [4.78, 5) is 0. The second kappa shape index (κ2) is 3.22. The third kappa shape index (κ3) is 1.34.